The fraction of sp³-hybridized carbons (Fsp3) is 0.341. The Morgan fingerprint density at radius 1 is 0.929 bits per heavy atom. The summed E-state index contributed by atoms with van der Waals surface area (Å²) >= 11 is 0. The zero-order chi connectivity index (χ0) is 39.4. The van der Waals surface area contributed by atoms with E-state index in [0.29, 0.717) is 47.8 Å². The molecule has 56 heavy (non-hydrogen) atoms. The normalized spacial score (nSPS) is 15.4. The first-order valence-electron chi connectivity index (χ1n) is 18.8. The van der Waals surface area contributed by atoms with Crippen molar-refractivity contribution in [3.8, 4) is 11.4 Å². The summed E-state index contributed by atoms with van der Waals surface area (Å²) in [6, 6.07) is 19.2. The quantitative estimate of drug-likeness (QED) is 0.0671. The third-order valence-corrected chi connectivity index (χ3v) is 9.97. The van der Waals surface area contributed by atoms with E-state index in [1.807, 2.05) is 53.1 Å². The summed E-state index contributed by atoms with van der Waals surface area (Å²) in [4.78, 5) is 68.4. The second-order valence-electron chi connectivity index (χ2n) is 15.1. The average molecular weight is 760 g/mol. The number of carbonyl (C=O) groups is 5. The van der Waals surface area contributed by atoms with Crippen molar-refractivity contribution in [2.24, 2.45) is 0 Å². The number of hydrogen-bond donors (Lipinski definition) is 5. The van der Waals surface area contributed by atoms with Gasteiger partial charge in [-0.1, -0.05) is 39.7 Å². The lowest BCUT2D eigenvalue weighted by molar-refractivity contribution is -0.137. The molecule has 4 heterocycles. The zero-order valence-corrected chi connectivity index (χ0v) is 31.6. The molecular formula is C41H45N9O6. The molecule has 2 aromatic heterocycles. The first kappa shape index (κ1) is 37.8. The van der Waals surface area contributed by atoms with Crippen molar-refractivity contribution in [2.75, 3.05) is 22.6 Å². The van der Waals surface area contributed by atoms with Crippen LogP contribution in [-0.4, -0.2) is 67.0 Å². The van der Waals surface area contributed by atoms with Crippen molar-refractivity contribution in [2.45, 2.75) is 83.7 Å². The highest BCUT2D eigenvalue weighted by Crippen LogP contribution is 2.33. The van der Waals surface area contributed by atoms with E-state index in [2.05, 4.69) is 57.2 Å². The van der Waals surface area contributed by atoms with Crippen LogP contribution in [0.1, 0.15) is 87.3 Å². The molecule has 3 aromatic carbocycles. The van der Waals surface area contributed by atoms with Crippen LogP contribution in [0, 0.1) is 0 Å². The fourth-order valence-electron chi connectivity index (χ4n) is 6.89. The molecule has 1 fully saturated rings. The Kier molecular flexibility index (Phi) is 10.8. The molecule has 7 rings (SSSR count). The van der Waals surface area contributed by atoms with Crippen LogP contribution >= 0.6 is 0 Å². The lowest BCUT2D eigenvalue weighted by Crippen LogP contribution is -2.52. The number of unbranched alkanes of at least 4 members (excludes halogenated alkanes) is 3. The van der Waals surface area contributed by atoms with Crippen LogP contribution in [0.3, 0.4) is 0 Å². The van der Waals surface area contributed by atoms with E-state index in [-0.39, 0.29) is 48.6 Å². The van der Waals surface area contributed by atoms with Gasteiger partial charge in [-0.05, 0) is 67.8 Å². The monoisotopic (exact) mass is 759 g/mol. The number of imide groups is 1. The number of urea groups is 1. The molecule has 0 radical (unpaired) electrons. The summed E-state index contributed by atoms with van der Waals surface area (Å²) in [5.74, 6) is -0.0308. The summed E-state index contributed by atoms with van der Waals surface area (Å²) in [5.41, 5.74) is 5.77. The average Bonchev–Trinajstić information content (AvgIpc) is 3.89. The first-order chi connectivity index (χ1) is 26.9. The standard InChI is InChI=1S/C41H45N9O6/c1-41(2,3)34-22-35(48-47-34)45-40(55)43-25-12-14-26(15-13-25)50-24-42-31-21-27(16-17-32(31)50)56-20-7-5-4-6-11-36(51)44-30-10-8-9-28-29(30)23-49(39(28)54)33-18-19-37(52)46-38(33)53/h8-10,12-17,21-22,24,33H,4-7,11,18-20,23H2,1-3H3,(H,44,51)(H,46,52,53)(H3,43,45,47,48,55). The molecule has 1 unspecified atom stereocenters. The Balaban J connectivity index is 0.820. The van der Waals surface area contributed by atoms with Gasteiger partial charge in [-0.25, -0.2) is 9.78 Å². The van der Waals surface area contributed by atoms with E-state index < -0.39 is 11.9 Å². The number of H-pyrrole nitrogens is 1. The third kappa shape index (κ3) is 8.56. The molecule has 0 bridgehead atoms. The molecule has 5 aromatic rings. The minimum Gasteiger partial charge on any atom is -0.494 e. The molecule has 15 heteroatoms. The second-order valence-corrected chi connectivity index (χ2v) is 15.1. The van der Waals surface area contributed by atoms with Crippen LogP contribution in [-0.2, 0) is 26.3 Å². The van der Waals surface area contributed by atoms with Crippen molar-refractivity contribution >= 4 is 57.9 Å². The fourth-order valence-corrected chi connectivity index (χ4v) is 6.89. The zero-order valence-electron chi connectivity index (χ0n) is 31.6. The predicted molar refractivity (Wildman–Crippen MR) is 211 cm³/mol. The van der Waals surface area contributed by atoms with Gasteiger partial charge in [0.25, 0.3) is 5.91 Å². The maximum atomic E-state index is 13.1. The Hall–Kier alpha value is -6.51. The number of aromatic amines is 1. The van der Waals surface area contributed by atoms with Gasteiger partial charge in [0.1, 0.15) is 18.1 Å². The first-order valence-corrected chi connectivity index (χ1v) is 18.8. The maximum Gasteiger partial charge on any atom is 0.324 e. The Labute approximate surface area is 323 Å². The molecule has 290 valence electrons. The molecule has 0 spiro atoms. The van der Waals surface area contributed by atoms with E-state index in [1.165, 1.54) is 4.90 Å². The number of imidazole rings is 1. The predicted octanol–water partition coefficient (Wildman–Crippen LogP) is 6.42. The smallest absolute Gasteiger partial charge is 0.324 e. The van der Waals surface area contributed by atoms with Crippen LogP contribution in [0.4, 0.5) is 22.0 Å². The number of anilines is 3. The van der Waals surface area contributed by atoms with Gasteiger partial charge in [0.2, 0.25) is 17.7 Å². The van der Waals surface area contributed by atoms with E-state index in [9.17, 15) is 24.0 Å². The Bertz CT molecular complexity index is 2290. The number of carbonyl (C=O) groups excluding carboxylic acids is 5. The third-order valence-electron chi connectivity index (χ3n) is 9.97. The van der Waals surface area contributed by atoms with Gasteiger partial charge in [-0.3, -0.25) is 39.5 Å². The van der Waals surface area contributed by atoms with Gasteiger partial charge in [0.15, 0.2) is 5.82 Å². The van der Waals surface area contributed by atoms with E-state index >= 15 is 0 Å². The number of aromatic nitrogens is 4. The van der Waals surface area contributed by atoms with Crippen LogP contribution in [0.25, 0.3) is 16.7 Å². The van der Waals surface area contributed by atoms with Crippen molar-refractivity contribution in [1.82, 2.24) is 30.0 Å². The lowest BCUT2D eigenvalue weighted by atomic mass is 9.92. The van der Waals surface area contributed by atoms with E-state index in [0.717, 1.165) is 47.4 Å². The van der Waals surface area contributed by atoms with Crippen molar-refractivity contribution in [1.29, 1.82) is 0 Å². The van der Waals surface area contributed by atoms with Gasteiger partial charge in [-0.2, -0.15) is 5.10 Å². The van der Waals surface area contributed by atoms with Crippen molar-refractivity contribution < 1.29 is 28.7 Å². The molecule has 0 aliphatic carbocycles. The number of benzene rings is 3. The van der Waals surface area contributed by atoms with Gasteiger partial charge >= 0.3 is 6.03 Å². The number of amides is 6. The largest absolute Gasteiger partial charge is 0.494 e. The summed E-state index contributed by atoms with van der Waals surface area (Å²) in [7, 11) is 0. The van der Waals surface area contributed by atoms with E-state index in [1.54, 1.807) is 24.5 Å². The number of piperidine rings is 1. The molecule has 1 saturated heterocycles. The number of nitrogens with zero attached hydrogens (tertiary/aromatic N) is 4. The topological polar surface area (TPSA) is 192 Å². The summed E-state index contributed by atoms with van der Waals surface area (Å²) in [6.45, 7) is 6.93. The molecule has 6 amide bonds. The summed E-state index contributed by atoms with van der Waals surface area (Å²) in [5, 5.41) is 18.0. The number of ether oxygens (including phenoxy) is 1. The molecule has 0 saturated carbocycles. The minimum atomic E-state index is -0.708. The summed E-state index contributed by atoms with van der Waals surface area (Å²) < 4.78 is 7.98. The Morgan fingerprint density at radius 2 is 1.73 bits per heavy atom. The highest BCUT2D eigenvalue weighted by molar-refractivity contribution is 6.07. The molecule has 1 atom stereocenters. The molecule has 15 nitrogen and oxygen atoms in total. The Morgan fingerprint density at radius 3 is 2.50 bits per heavy atom. The van der Waals surface area contributed by atoms with Gasteiger partial charge in [0.05, 0.1) is 17.6 Å². The highest BCUT2D eigenvalue weighted by atomic mass is 16.5. The van der Waals surface area contributed by atoms with Gasteiger partial charge < -0.3 is 20.3 Å². The summed E-state index contributed by atoms with van der Waals surface area (Å²) in [6.07, 6.45) is 5.85. The minimum absolute atomic E-state index is 0.107. The van der Waals surface area contributed by atoms with Crippen LogP contribution < -0.4 is 26.0 Å². The molecule has 2 aliphatic rings. The molecule has 2 aliphatic heterocycles. The highest BCUT2D eigenvalue weighted by Gasteiger charge is 2.40. The van der Waals surface area contributed by atoms with Crippen LogP contribution in [0.2, 0.25) is 0 Å². The lowest BCUT2D eigenvalue weighted by Gasteiger charge is -2.29. The van der Waals surface area contributed by atoms with Crippen molar-refractivity contribution in [3.05, 3.63) is 89.9 Å². The van der Waals surface area contributed by atoms with Crippen molar-refractivity contribution in [3.63, 3.8) is 0 Å². The molecular weight excluding hydrogens is 715 g/mol. The second kappa shape index (κ2) is 16.1. The SMILES string of the molecule is CC(C)(C)c1cc(NC(=O)Nc2ccc(-n3cnc4cc(OCCCCCCC(=O)Nc5cccc6c5CN(C5CCC(=O)NC5=O)C6=O)ccc43)cc2)n[nH]1. The van der Waals surface area contributed by atoms with Gasteiger partial charge in [-0.15, -0.1) is 0 Å². The number of rotatable bonds is 13. The maximum absolute atomic E-state index is 13.1. The van der Waals surface area contributed by atoms with Crippen LogP contribution in [0.5, 0.6) is 5.75 Å². The molecule has 5 N–H and O–H groups in total. The number of nitrogens with one attached hydrogen (secondary N) is 5. The number of fused-ring (bicyclic) bond motifs is 2. The van der Waals surface area contributed by atoms with Gasteiger partial charge in [0, 0.05) is 70.8 Å². The van der Waals surface area contributed by atoms with E-state index in [4.69, 9.17) is 4.74 Å². The number of hydrogen-bond acceptors (Lipinski definition) is 8. The van der Waals surface area contributed by atoms with Crippen LogP contribution in [0.15, 0.2) is 73.1 Å².